The average molecular weight is 445 g/mol. The quantitative estimate of drug-likeness (QED) is 0.346. The van der Waals surface area contributed by atoms with Crippen molar-refractivity contribution in [2.24, 2.45) is 0 Å². The Labute approximate surface area is 190 Å². The topological polar surface area (TPSA) is 66.0 Å². The minimum absolute atomic E-state index is 0.0790. The van der Waals surface area contributed by atoms with Gasteiger partial charge in [0.05, 0.1) is 17.1 Å². The second-order valence-electron chi connectivity index (χ2n) is 7.32. The molecule has 32 heavy (non-hydrogen) atoms. The van der Waals surface area contributed by atoms with Crippen LogP contribution in [-0.4, -0.2) is 16.0 Å². The predicted octanol–water partition coefficient (Wildman–Crippen LogP) is 5.67. The van der Waals surface area contributed by atoms with Crippen molar-refractivity contribution in [3.63, 3.8) is 0 Å². The number of carbonyl (C=O) groups is 1. The van der Waals surface area contributed by atoms with Gasteiger partial charge in [0.15, 0.2) is 5.11 Å². The Bertz CT molecular complexity index is 1260. The molecule has 1 unspecified atom stereocenters. The Kier molecular flexibility index (Phi) is 6.37. The van der Waals surface area contributed by atoms with Gasteiger partial charge in [-0.1, -0.05) is 30.3 Å². The van der Waals surface area contributed by atoms with Gasteiger partial charge in [-0.05, 0) is 73.2 Å². The molecule has 160 valence electrons. The van der Waals surface area contributed by atoms with Crippen molar-refractivity contribution in [3.05, 3.63) is 102 Å². The highest BCUT2D eigenvalue weighted by atomic mass is 32.1. The molecule has 0 spiro atoms. The zero-order chi connectivity index (χ0) is 22.5. The van der Waals surface area contributed by atoms with Crippen molar-refractivity contribution in [2.75, 3.05) is 10.6 Å². The number of para-hydroxylation sites is 1. The Balaban J connectivity index is 1.34. The van der Waals surface area contributed by atoms with Gasteiger partial charge in [0.25, 0.3) is 5.91 Å². The number of carbonyl (C=O) groups excluding carboxylic acids is 1. The molecule has 4 aromatic rings. The fraction of sp³-hybridized carbons (Fsp3) is 0.0800. The van der Waals surface area contributed by atoms with Crippen molar-refractivity contribution in [1.29, 1.82) is 0 Å². The lowest BCUT2D eigenvalue weighted by molar-refractivity contribution is 0.102. The van der Waals surface area contributed by atoms with Crippen molar-refractivity contribution >= 4 is 45.5 Å². The number of nitrogens with zero attached hydrogens (tertiary/aromatic N) is 1. The van der Waals surface area contributed by atoms with E-state index in [0.717, 1.165) is 22.2 Å². The first kappa shape index (κ1) is 21.4. The molecule has 0 aliphatic rings. The lowest BCUT2D eigenvalue weighted by Gasteiger charge is -2.17. The summed E-state index contributed by atoms with van der Waals surface area (Å²) in [7, 11) is 0. The summed E-state index contributed by atoms with van der Waals surface area (Å²) in [6.45, 7) is 1.95. The van der Waals surface area contributed by atoms with Crippen molar-refractivity contribution in [2.45, 2.75) is 13.0 Å². The number of aromatic nitrogens is 1. The van der Waals surface area contributed by atoms with Crippen LogP contribution >= 0.6 is 12.2 Å². The Hall–Kier alpha value is -3.84. The van der Waals surface area contributed by atoms with Crippen LogP contribution in [0.3, 0.4) is 0 Å². The monoisotopic (exact) mass is 444 g/mol. The first-order valence-electron chi connectivity index (χ1n) is 10.1. The van der Waals surface area contributed by atoms with Crippen molar-refractivity contribution in [1.82, 2.24) is 10.3 Å². The number of fused-ring (bicyclic) bond motifs is 1. The zero-order valence-corrected chi connectivity index (χ0v) is 18.1. The molecule has 1 atom stereocenters. The highest BCUT2D eigenvalue weighted by Crippen LogP contribution is 2.18. The summed E-state index contributed by atoms with van der Waals surface area (Å²) in [4.78, 5) is 16.9. The number of anilines is 2. The van der Waals surface area contributed by atoms with E-state index in [1.54, 1.807) is 30.5 Å². The number of rotatable bonds is 5. The van der Waals surface area contributed by atoms with Crippen molar-refractivity contribution in [3.8, 4) is 0 Å². The predicted molar refractivity (Wildman–Crippen MR) is 130 cm³/mol. The molecule has 1 aromatic heterocycles. The number of amides is 1. The molecule has 4 rings (SSSR count). The SMILES string of the molecule is CC(NC(=S)Nc1ccc(NC(=O)c2cnc3ccccc3c2)cc1)c1ccc(F)cc1. The van der Waals surface area contributed by atoms with E-state index in [1.807, 2.05) is 49.4 Å². The maximum absolute atomic E-state index is 13.1. The second kappa shape index (κ2) is 9.53. The molecule has 0 saturated heterocycles. The second-order valence-corrected chi connectivity index (χ2v) is 7.73. The van der Waals surface area contributed by atoms with Gasteiger partial charge in [-0.3, -0.25) is 9.78 Å². The van der Waals surface area contributed by atoms with Gasteiger partial charge in [-0.15, -0.1) is 0 Å². The number of hydrogen-bond donors (Lipinski definition) is 3. The smallest absolute Gasteiger partial charge is 0.257 e. The van der Waals surface area contributed by atoms with Gasteiger partial charge in [0.2, 0.25) is 0 Å². The zero-order valence-electron chi connectivity index (χ0n) is 17.3. The minimum Gasteiger partial charge on any atom is -0.356 e. The highest BCUT2D eigenvalue weighted by molar-refractivity contribution is 7.80. The molecule has 0 radical (unpaired) electrons. The van der Waals surface area contributed by atoms with Gasteiger partial charge in [0.1, 0.15) is 5.82 Å². The van der Waals surface area contributed by atoms with Gasteiger partial charge in [-0.2, -0.15) is 0 Å². The third kappa shape index (κ3) is 5.25. The van der Waals surface area contributed by atoms with E-state index in [0.29, 0.717) is 16.4 Å². The number of hydrogen-bond acceptors (Lipinski definition) is 3. The van der Waals surface area contributed by atoms with E-state index in [-0.39, 0.29) is 17.8 Å². The number of nitrogens with one attached hydrogen (secondary N) is 3. The summed E-state index contributed by atoms with van der Waals surface area (Å²) in [6.07, 6.45) is 1.57. The molecule has 0 saturated carbocycles. The lowest BCUT2D eigenvalue weighted by Crippen LogP contribution is -2.30. The minimum atomic E-state index is -0.272. The molecule has 5 nitrogen and oxygen atoms in total. The number of halogens is 1. The number of thiocarbonyl (C=S) groups is 1. The maximum atomic E-state index is 13.1. The van der Waals surface area contributed by atoms with Crippen molar-refractivity contribution < 1.29 is 9.18 Å². The molecule has 7 heteroatoms. The highest BCUT2D eigenvalue weighted by Gasteiger charge is 2.09. The van der Waals surface area contributed by atoms with Crippen LogP contribution in [-0.2, 0) is 0 Å². The van der Waals surface area contributed by atoms with E-state index in [9.17, 15) is 9.18 Å². The summed E-state index contributed by atoms with van der Waals surface area (Å²) >= 11 is 5.37. The maximum Gasteiger partial charge on any atom is 0.257 e. The molecule has 3 aromatic carbocycles. The van der Waals surface area contributed by atoms with E-state index in [2.05, 4.69) is 20.9 Å². The normalized spacial score (nSPS) is 11.6. The summed E-state index contributed by atoms with van der Waals surface area (Å²) in [6, 6.07) is 22.9. The molecular formula is C25H21FN4OS. The van der Waals surface area contributed by atoms with E-state index in [1.165, 1.54) is 12.1 Å². The van der Waals surface area contributed by atoms with E-state index < -0.39 is 0 Å². The summed E-state index contributed by atoms with van der Waals surface area (Å²) in [5.41, 5.74) is 3.70. The molecule has 1 amide bonds. The first-order valence-corrected chi connectivity index (χ1v) is 10.5. The Morgan fingerprint density at radius 2 is 1.59 bits per heavy atom. The summed E-state index contributed by atoms with van der Waals surface area (Å²) in [5, 5.41) is 10.5. The third-order valence-corrected chi connectivity index (χ3v) is 5.19. The third-order valence-electron chi connectivity index (χ3n) is 4.97. The van der Waals surface area contributed by atoms with Crippen LogP contribution in [0.2, 0.25) is 0 Å². The number of benzene rings is 3. The molecule has 3 N–H and O–H groups in total. The standard InChI is InChI=1S/C25H21FN4OS/c1-16(17-6-8-20(26)9-7-17)28-25(32)30-22-12-10-21(11-13-22)29-24(31)19-14-18-4-2-3-5-23(18)27-15-19/h2-16H,1H3,(H,29,31)(H2,28,30,32). The van der Waals surface area contributed by atoms with E-state index in [4.69, 9.17) is 12.2 Å². The van der Waals surface area contributed by atoms with Gasteiger partial charge >= 0.3 is 0 Å². The fourth-order valence-corrected chi connectivity index (χ4v) is 3.53. The largest absolute Gasteiger partial charge is 0.356 e. The van der Waals surface area contributed by atoms with Crippen LogP contribution in [0.5, 0.6) is 0 Å². The molecule has 1 heterocycles. The van der Waals surface area contributed by atoms with Crippen LogP contribution in [0.25, 0.3) is 10.9 Å². The Morgan fingerprint density at radius 1 is 0.938 bits per heavy atom. The molecule has 0 bridgehead atoms. The molecule has 0 aliphatic carbocycles. The van der Waals surface area contributed by atoms with Gasteiger partial charge in [-0.25, -0.2) is 4.39 Å². The van der Waals surface area contributed by atoms with Crippen LogP contribution < -0.4 is 16.0 Å². The summed E-state index contributed by atoms with van der Waals surface area (Å²) in [5.74, 6) is -0.500. The summed E-state index contributed by atoms with van der Waals surface area (Å²) < 4.78 is 13.1. The van der Waals surface area contributed by atoms with Crippen LogP contribution in [0, 0.1) is 5.82 Å². The van der Waals surface area contributed by atoms with Crippen LogP contribution in [0.15, 0.2) is 85.1 Å². The van der Waals surface area contributed by atoms with E-state index >= 15 is 0 Å². The van der Waals surface area contributed by atoms with Crippen LogP contribution in [0.4, 0.5) is 15.8 Å². The van der Waals surface area contributed by atoms with Gasteiger partial charge < -0.3 is 16.0 Å². The molecule has 0 aliphatic heterocycles. The molecular weight excluding hydrogens is 423 g/mol. The Morgan fingerprint density at radius 3 is 2.31 bits per heavy atom. The average Bonchev–Trinajstić information content (AvgIpc) is 2.80. The molecule has 0 fully saturated rings. The first-order chi connectivity index (χ1) is 15.5. The number of pyridine rings is 1. The van der Waals surface area contributed by atoms with Gasteiger partial charge in [0, 0.05) is 23.0 Å². The fourth-order valence-electron chi connectivity index (χ4n) is 3.23. The lowest BCUT2D eigenvalue weighted by atomic mass is 10.1. The van der Waals surface area contributed by atoms with Crippen LogP contribution in [0.1, 0.15) is 28.9 Å².